The maximum absolute atomic E-state index is 12.3. The predicted octanol–water partition coefficient (Wildman–Crippen LogP) is 2.26. The standard InChI is InChI=1S/C13H16N2O/c16-13(14-8-3-4-9-14)15-10-7-11-5-1-2-6-12(11)15/h1-2,5-6H,3-4,7-10H2. The molecule has 0 atom stereocenters. The summed E-state index contributed by atoms with van der Waals surface area (Å²) in [5.41, 5.74) is 2.41. The summed E-state index contributed by atoms with van der Waals surface area (Å²) in [5, 5.41) is 0. The minimum atomic E-state index is 0.197. The van der Waals surface area contributed by atoms with Gasteiger partial charge in [0.05, 0.1) is 0 Å². The lowest BCUT2D eigenvalue weighted by molar-refractivity contribution is 0.216. The van der Waals surface area contributed by atoms with Crippen LogP contribution in [0, 0.1) is 0 Å². The molecule has 84 valence electrons. The summed E-state index contributed by atoms with van der Waals surface area (Å²) < 4.78 is 0. The molecule has 3 nitrogen and oxygen atoms in total. The van der Waals surface area contributed by atoms with Gasteiger partial charge in [-0.05, 0) is 30.9 Å². The van der Waals surface area contributed by atoms with Crippen LogP contribution < -0.4 is 4.90 Å². The van der Waals surface area contributed by atoms with E-state index >= 15 is 0 Å². The maximum Gasteiger partial charge on any atom is 0.324 e. The first-order valence-electron chi connectivity index (χ1n) is 6.00. The first-order valence-corrected chi connectivity index (χ1v) is 6.00. The quantitative estimate of drug-likeness (QED) is 0.652. The molecular weight excluding hydrogens is 200 g/mol. The summed E-state index contributed by atoms with van der Waals surface area (Å²) in [4.78, 5) is 16.2. The monoisotopic (exact) mass is 216 g/mol. The highest BCUT2D eigenvalue weighted by Gasteiger charge is 2.29. The molecule has 2 amide bonds. The number of rotatable bonds is 0. The van der Waals surface area contributed by atoms with E-state index in [9.17, 15) is 4.79 Å². The van der Waals surface area contributed by atoms with Gasteiger partial charge in [-0.3, -0.25) is 4.90 Å². The van der Waals surface area contributed by atoms with E-state index in [0.29, 0.717) is 0 Å². The molecule has 2 heterocycles. The smallest absolute Gasteiger partial charge is 0.324 e. The second kappa shape index (κ2) is 3.81. The fourth-order valence-corrected chi connectivity index (χ4v) is 2.62. The molecule has 2 aliphatic heterocycles. The number of carbonyl (C=O) groups excluding carboxylic acids is 1. The number of anilines is 1. The second-order valence-electron chi connectivity index (χ2n) is 4.51. The van der Waals surface area contributed by atoms with E-state index in [4.69, 9.17) is 0 Å². The van der Waals surface area contributed by atoms with Crippen LogP contribution in [0.5, 0.6) is 0 Å². The average molecular weight is 216 g/mol. The SMILES string of the molecule is O=C(N1CCCC1)N1CCc2ccccc21. The molecule has 1 aromatic rings. The van der Waals surface area contributed by atoms with Crippen LogP contribution in [-0.4, -0.2) is 30.6 Å². The van der Waals surface area contributed by atoms with Crippen LogP contribution in [-0.2, 0) is 6.42 Å². The molecule has 1 aromatic carbocycles. The van der Waals surface area contributed by atoms with Crippen molar-refractivity contribution in [2.24, 2.45) is 0 Å². The van der Waals surface area contributed by atoms with Crippen molar-refractivity contribution in [1.82, 2.24) is 4.90 Å². The van der Waals surface area contributed by atoms with Gasteiger partial charge in [0.25, 0.3) is 0 Å². The number of urea groups is 1. The molecule has 1 saturated heterocycles. The minimum Gasteiger partial charge on any atom is -0.324 e. The molecule has 16 heavy (non-hydrogen) atoms. The zero-order valence-electron chi connectivity index (χ0n) is 9.35. The van der Waals surface area contributed by atoms with Crippen LogP contribution in [0.4, 0.5) is 10.5 Å². The highest BCUT2D eigenvalue weighted by atomic mass is 16.2. The molecule has 0 radical (unpaired) electrons. The number of amides is 2. The molecule has 0 aliphatic carbocycles. The van der Waals surface area contributed by atoms with Crippen molar-refractivity contribution in [2.75, 3.05) is 24.5 Å². The summed E-state index contributed by atoms with van der Waals surface area (Å²) in [6.07, 6.45) is 3.30. The molecule has 0 bridgehead atoms. The van der Waals surface area contributed by atoms with Crippen LogP contribution in [0.25, 0.3) is 0 Å². The van der Waals surface area contributed by atoms with E-state index in [2.05, 4.69) is 12.1 Å². The van der Waals surface area contributed by atoms with Gasteiger partial charge < -0.3 is 4.90 Å². The Morgan fingerprint density at radius 1 is 1.06 bits per heavy atom. The molecule has 3 heteroatoms. The van der Waals surface area contributed by atoms with E-state index in [0.717, 1.165) is 44.6 Å². The summed E-state index contributed by atoms with van der Waals surface area (Å²) in [5.74, 6) is 0. The van der Waals surface area contributed by atoms with Crippen LogP contribution in [0.1, 0.15) is 18.4 Å². The third-order valence-electron chi connectivity index (χ3n) is 3.49. The van der Waals surface area contributed by atoms with Crippen LogP contribution in [0.2, 0.25) is 0 Å². The largest absolute Gasteiger partial charge is 0.324 e. The Morgan fingerprint density at radius 2 is 1.81 bits per heavy atom. The van der Waals surface area contributed by atoms with E-state index in [1.165, 1.54) is 5.56 Å². The van der Waals surface area contributed by atoms with Crippen molar-refractivity contribution in [1.29, 1.82) is 0 Å². The van der Waals surface area contributed by atoms with E-state index in [1.54, 1.807) is 0 Å². The number of benzene rings is 1. The third kappa shape index (κ3) is 1.47. The molecular formula is C13H16N2O. The molecule has 1 fully saturated rings. The normalized spacial score (nSPS) is 19.0. The van der Waals surface area contributed by atoms with E-state index in [1.807, 2.05) is 21.9 Å². The Morgan fingerprint density at radius 3 is 2.62 bits per heavy atom. The molecule has 0 aromatic heterocycles. The summed E-state index contributed by atoms with van der Waals surface area (Å²) in [6, 6.07) is 8.42. The van der Waals surface area contributed by atoms with Gasteiger partial charge >= 0.3 is 6.03 Å². The molecule has 3 rings (SSSR count). The number of hydrogen-bond acceptors (Lipinski definition) is 1. The fourth-order valence-electron chi connectivity index (χ4n) is 2.62. The van der Waals surface area contributed by atoms with Gasteiger partial charge in [0.2, 0.25) is 0 Å². The minimum absolute atomic E-state index is 0.197. The van der Waals surface area contributed by atoms with Crippen molar-refractivity contribution in [2.45, 2.75) is 19.3 Å². The Kier molecular flexibility index (Phi) is 2.31. The fraction of sp³-hybridized carbons (Fsp3) is 0.462. The lowest BCUT2D eigenvalue weighted by Crippen LogP contribution is -2.40. The molecule has 0 N–H and O–H groups in total. The zero-order chi connectivity index (χ0) is 11.0. The summed E-state index contributed by atoms with van der Waals surface area (Å²) >= 11 is 0. The van der Waals surface area contributed by atoms with Gasteiger partial charge in [-0.1, -0.05) is 18.2 Å². The Hall–Kier alpha value is -1.51. The number of carbonyl (C=O) groups is 1. The van der Waals surface area contributed by atoms with Crippen molar-refractivity contribution in [3.05, 3.63) is 29.8 Å². The van der Waals surface area contributed by atoms with Gasteiger partial charge in [-0.2, -0.15) is 0 Å². The van der Waals surface area contributed by atoms with Gasteiger partial charge in [-0.15, -0.1) is 0 Å². The van der Waals surface area contributed by atoms with Gasteiger partial charge in [0.15, 0.2) is 0 Å². The maximum atomic E-state index is 12.3. The number of nitrogens with zero attached hydrogens (tertiary/aromatic N) is 2. The van der Waals surface area contributed by atoms with Crippen molar-refractivity contribution in [3.63, 3.8) is 0 Å². The average Bonchev–Trinajstić information content (AvgIpc) is 2.98. The lowest BCUT2D eigenvalue weighted by atomic mass is 10.2. The van der Waals surface area contributed by atoms with E-state index < -0.39 is 0 Å². The predicted molar refractivity (Wildman–Crippen MR) is 63.7 cm³/mol. The van der Waals surface area contributed by atoms with Gasteiger partial charge in [0.1, 0.15) is 0 Å². The van der Waals surface area contributed by atoms with E-state index in [-0.39, 0.29) is 6.03 Å². The van der Waals surface area contributed by atoms with Crippen LogP contribution in [0.15, 0.2) is 24.3 Å². The third-order valence-corrected chi connectivity index (χ3v) is 3.49. The number of likely N-dealkylation sites (tertiary alicyclic amines) is 1. The molecule has 0 unspecified atom stereocenters. The topological polar surface area (TPSA) is 23.6 Å². The molecule has 0 spiro atoms. The second-order valence-corrected chi connectivity index (χ2v) is 4.51. The van der Waals surface area contributed by atoms with Crippen molar-refractivity contribution >= 4 is 11.7 Å². The molecule has 2 aliphatic rings. The van der Waals surface area contributed by atoms with Gasteiger partial charge in [-0.25, -0.2) is 4.79 Å². The highest BCUT2D eigenvalue weighted by Crippen LogP contribution is 2.28. The van der Waals surface area contributed by atoms with Crippen LogP contribution >= 0.6 is 0 Å². The summed E-state index contributed by atoms with van der Waals surface area (Å²) in [7, 11) is 0. The molecule has 0 saturated carbocycles. The van der Waals surface area contributed by atoms with Crippen LogP contribution in [0.3, 0.4) is 0 Å². The van der Waals surface area contributed by atoms with Crippen molar-refractivity contribution < 1.29 is 4.79 Å². The Bertz CT molecular complexity index is 410. The summed E-state index contributed by atoms with van der Waals surface area (Å²) in [6.45, 7) is 2.70. The Labute approximate surface area is 95.7 Å². The number of hydrogen-bond donors (Lipinski definition) is 0. The zero-order valence-corrected chi connectivity index (χ0v) is 9.35. The van der Waals surface area contributed by atoms with Gasteiger partial charge in [0, 0.05) is 25.3 Å². The lowest BCUT2D eigenvalue weighted by Gasteiger charge is -2.24. The first-order chi connectivity index (χ1) is 7.86. The first kappa shape index (κ1) is 9.70. The number of fused-ring (bicyclic) bond motifs is 1. The number of para-hydroxylation sites is 1. The Balaban J connectivity index is 1.84. The highest BCUT2D eigenvalue weighted by molar-refractivity contribution is 5.94. The van der Waals surface area contributed by atoms with Crippen molar-refractivity contribution in [3.8, 4) is 0 Å².